The summed E-state index contributed by atoms with van der Waals surface area (Å²) in [4.78, 5) is 11.9. The molecule has 1 atom stereocenters. The van der Waals surface area contributed by atoms with E-state index in [1.165, 1.54) is 6.08 Å². The first-order valence-corrected chi connectivity index (χ1v) is 7.86. The number of rotatable bonds is 4. The molecule has 2 N–H and O–H groups in total. The number of nitriles is 1. The fraction of sp³-hybridized carbons (Fsp3) is 0.286. The molecule has 0 spiro atoms. The summed E-state index contributed by atoms with van der Waals surface area (Å²) in [6, 6.07) is 5.27. The van der Waals surface area contributed by atoms with E-state index < -0.39 is 5.91 Å². The van der Waals surface area contributed by atoms with Crippen molar-refractivity contribution in [3.8, 4) is 11.8 Å². The number of nitrogens with zero attached hydrogens (tertiary/aromatic N) is 1. The molecular weight excluding hydrogens is 435 g/mol. The summed E-state index contributed by atoms with van der Waals surface area (Å²) in [6.45, 7) is 3.82. The highest BCUT2D eigenvalue weighted by Gasteiger charge is 2.13. The third-order valence-corrected chi connectivity index (χ3v) is 3.99. The number of hydrogen-bond acceptors (Lipinski definition) is 3. The maximum absolute atomic E-state index is 11.9. The molecule has 1 aromatic rings. The van der Waals surface area contributed by atoms with Gasteiger partial charge in [-0.1, -0.05) is 22.9 Å². The molecule has 0 bridgehead atoms. The van der Waals surface area contributed by atoms with Gasteiger partial charge in [0.15, 0.2) is 0 Å². The smallest absolute Gasteiger partial charge is 0.262 e. The Kier molecular flexibility index (Phi) is 6.49. The van der Waals surface area contributed by atoms with Gasteiger partial charge in [-0.2, -0.15) is 5.26 Å². The van der Waals surface area contributed by atoms with E-state index >= 15 is 0 Å². The van der Waals surface area contributed by atoms with Crippen LogP contribution in [-0.4, -0.2) is 17.1 Å². The molecule has 20 heavy (non-hydrogen) atoms. The Morgan fingerprint density at radius 2 is 2.30 bits per heavy atom. The van der Waals surface area contributed by atoms with Crippen LogP contribution in [0.15, 0.2) is 22.2 Å². The molecule has 0 aliphatic carbocycles. The number of phenols is 1. The number of hydrogen-bond donors (Lipinski definition) is 2. The topological polar surface area (TPSA) is 73.1 Å². The summed E-state index contributed by atoms with van der Waals surface area (Å²) >= 11 is 5.30. The van der Waals surface area contributed by atoms with Gasteiger partial charge in [-0.15, -0.1) is 0 Å². The van der Waals surface area contributed by atoms with Crippen LogP contribution in [0.3, 0.4) is 0 Å². The van der Waals surface area contributed by atoms with Crippen molar-refractivity contribution in [1.82, 2.24) is 5.32 Å². The van der Waals surface area contributed by atoms with Gasteiger partial charge in [0.05, 0.1) is 3.57 Å². The van der Waals surface area contributed by atoms with Crippen LogP contribution in [0.5, 0.6) is 5.75 Å². The van der Waals surface area contributed by atoms with E-state index in [4.69, 9.17) is 5.26 Å². The van der Waals surface area contributed by atoms with E-state index in [1.807, 2.05) is 42.5 Å². The minimum atomic E-state index is -0.434. The number of carbonyl (C=O) groups excluding carboxylic acids is 1. The van der Waals surface area contributed by atoms with E-state index in [0.717, 1.165) is 10.9 Å². The highest BCUT2D eigenvalue weighted by molar-refractivity contribution is 14.1. The van der Waals surface area contributed by atoms with Crippen molar-refractivity contribution in [1.29, 1.82) is 5.26 Å². The summed E-state index contributed by atoms with van der Waals surface area (Å²) in [5.41, 5.74) is 0.397. The van der Waals surface area contributed by atoms with Gasteiger partial charge < -0.3 is 10.4 Å². The second-order valence-electron chi connectivity index (χ2n) is 4.28. The van der Waals surface area contributed by atoms with Crippen LogP contribution in [0.25, 0.3) is 6.08 Å². The maximum atomic E-state index is 11.9. The molecule has 0 heterocycles. The summed E-state index contributed by atoms with van der Waals surface area (Å²) in [6.07, 6.45) is 2.17. The molecule has 0 aliphatic rings. The lowest BCUT2D eigenvalue weighted by Crippen LogP contribution is -2.32. The zero-order valence-electron chi connectivity index (χ0n) is 11.1. The van der Waals surface area contributed by atoms with Crippen LogP contribution < -0.4 is 5.32 Å². The molecule has 0 saturated carbocycles. The highest BCUT2D eigenvalue weighted by atomic mass is 127. The summed E-state index contributed by atoms with van der Waals surface area (Å²) in [5.74, 6) is -0.380. The number of amides is 1. The van der Waals surface area contributed by atoms with E-state index in [1.54, 1.807) is 12.1 Å². The monoisotopic (exact) mass is 448 g/mol. The molecule has 0 radical (unpaired) electrons. The largest absolute Gasteiger partial charge is 0.506 e. The third-order valence-electron chi connectivity index (χ3n) is 2.71. The second kappa shape index (κ2) is 7.64. The summed E-state index contributed by atoms with van der Waals surface area (Å²) in [5, 5.41) is 21.8. The lowest BCUT2D eigenvalue weighted by atomic mass is 10.1. The highest BCUT2D eigenvalue weighted by Crippen LogP contribution is 2.30. The first-order chi connectivity index (χ1) is 9.38. The molecule has 0 aromatic heterocycles. The Balaban J connectivity index is 3.13. The fourth-order valence-electron chi connectivity index (χ4n) is 1.40. The fourth-order valence-corrected chi connectivity index (χ4v) is 2.95. The number of aromatic hydroxyl groups is 1. The van der Waals surface area contributed by atoms with Gasteiger partial charge in [0.25, 0.3) is 5.91 Å². The lowest BCUT2D eigenvalue weighted by molar-refractivity contribution is -0.117. The normalized spacial score (nSPS) is 12.7. The Bertz CT molecular complexity index is 594. The van der Waals surface area contributed by atoms with Gasteiger partial charge in [0.2, 0.25) is 0 Å². The van der Waals surface area contributed by atoms with E-state index in [0.29, 0.717) is 9.13 Å². The van der Waals surface area contributed by atoms with Crippen LogP contribution in [0.4, 0.5) is 0 Å². The van der Waals surface area contributed by atoms with Crippen molar-refractivity contribution >= 4 is 50.5 Å². The van der Waals surface area contributed by atoms with Crippen molar-refractivity contribution in [3.63, 3.8) is 0 Å². The van der Waals surface area contributed by atoms with Gasteiger partial charge >= 0.3 is 0 Å². The van der Waals surface area contributed by atoms with Crippen LogP contribution in [0.1, 0.15) is 25.8 Å². The van der Waals surface area contributed by atoms with Gasteiger partial charge in [-0.25, -0.2) is 0 Å². The van der Waals surface area contributed by atoms with Crippen LogP contribution in [0.2, 0.25) is 0 Å². The summed E-state index contributed by atoms with van der Waals surface area (Å²) in [7, 11) is 0. The number of halogens is 2. The minimum Gasteiger partial charge on any atom is -0.506 e. The molecule has 0 unspecified atom stereocenters. The average molecular weight is 449 g/mol. The predicted molar refractivity (Wildman–Crippen MR) is 90.0 cm³/mol. The third kappa shape index (κ3) is 4.49. The van der Waals surface area contributed by atoms with Gasteiger partial charge in [0, 0.05) is 16.1 Å². The molecular formula is C14H14BrIN2O2. The molecule has 0 saturated heterocycles. The Hall–Kier alpha value is -1.07. The average Bonchev–Trinajstić information content (AvgIpc) is 2.40. The first kappa shape index (κ1) is 17.0. The number of phenolic OH excluding ortho intramolecular Hbond substituents is 1. The zero-order valence-corrected chi connectivity index (χ0v) is 14.8. The minimum absolute atomic E-state index is 0.00417. The molecule has 0 aliphatic heterocycles. The molecule has 1 aromatic carbocycles. The number of nitrogens with one attached hydrogen (secondary N) is 1. The molecule has 106 valence electrons. The van der Waals surface area contributed by atoms with Crippen LogP contribution in [-0.2, 0) is 4.79 Å². The van der Waals surface area contributed by atoms with Gasteiger partial charge in [-0.05, 0) is 54.1 Å². The number of benzene rings is 1. The predicted octanol–water partition coefficient (Wildman–Crippen LogP) is 3.58. The van der Waals surface area contributed by atoms with Crippen molar-refractivity contribution in [2.75, 3.05) is 0 Å². The van der Waals surface area contributed by atoms with Crippen molar-refractivity contribution in [2.24, 2.45) is 0 Å². The maximum Gasteiger partial charge on any atom is 0.262 e. The lowest BCUT2D eigenvalue weighted by Gasteiger charge is -2.10. The van der Waals surface area contributed by atoms with Crippen LogP contribution >= 0.6 is 38.5 Å². The van der Waals surface area contributed by atoms with Crippen molar-refractivity contribution in [2.45, 2.75) is 26.3 Å². The Morgan fingerprint density at radius 3 is 2.85 bits per heavy atom. The molecule has 1 amide bonds. The van der Waals surface area contributed by atoms with Crippen molar-refractivity contribution in [3.05, 3.63) is 31.3 Å². The molecule has 4 nitrogen and oxygen atoms in total. The Labute approximate surface area is 140 Å². The standard InChI is InChI=1S/C14H14BrIN2O2/c1-3-8(2)18-14(20)10(7-17)4-9-5-11(15)6-12(16)13(9)19/h4-6,8,19H,3H2,1-2H3,(H,18,20)/b10-4+/t8-/m0/s1. The SMILES string of the molecule is CC[C@H](C)NC(=O)/C(C#N)=C/c1cc(Br)cc(I)c1O. The molecule has 0 fully saturated rings. The van der Waals surface area contributed by atoms with Gasteiger partial charge in [0.1, 0.15) is 17.4 Å². The second-order valence-corrected chi connectivity index (χ2v) is 6.36. The first-order valence-electron chi connectivity index (χ1n) is 5.99. The van der Waals surface area contributed by atoms with Gasteiger partial charge in [-0.3, -0.25) is 4.79 Å². The summed E-state index contributed by atoms with van der Waals surface area (Å²) < 4.78 is 1.41. The zero-order chi connectivity index (χ0) is 15.3. The van der Waals surface area contributed by atoms with E-state index in [9.17, 15) is 9.90 Å². The van der Waals surface area contributed by atoms with Crippen LogP contribution in [0, 0.1) is 14.9 Å². The Morgan fingerprint density at radius 1 is 1.65 bits per heavy atom. The van der Waals surface area contributed by atoms with E-state index in [-0.39, 0.29) is 17.4 Å². The quantitative estimate of drug-likeness (QED) is 0.420. The van der Waals surface area contributed by atoms with Crippen molar-refractivity contribution < 1.29 is 9.90 Å². The molecule has 1 rings (SSSR count). The number of carbonyl (C=O) groups is 1. The molecule has 6 heteroatoms. The van der Waals surface area contributed by atoms with E-state index in [2.05, 4.69) is 21.2 Å².